The SMILES string of the molecule is Cc1cccc2c1cnn2CCC(=O)NC[C@H]1CCCO1. The van der Waals surface area contributed by atoms with Crippen LogP contribution in [0.1, 0.15) is 24.8 Å². The number of amides is 1. The maximum Gasteiger partial charge on any atom is 0.221 e. The molecule has 0 spiro atoms. The van der Waals surface area contributed by atoms with Gasteiger partial charge < -0.3 is 10.1 Å². The molecule has 0 radical (unpaired) electrons. The Morgan fingerprint density at radius 1 is 1.52 bits per heavy atom. The summed E-state index contributed by atoms with van der Waals surface area (Å²) in [6.45, 7) is 4.12. The van der Waals surface area contributed by atoms with Gasteiger partial charge in [0.2, 0.25) is 5.91 Å². The molecule has 2 heterocycles. The van der Waals surface area contributed by atoms with Crippen LogP contribution in [0, 0.1) is 6.92 Å². The molecule has 1 N–H and O–H groups in total. The third-order valence-electron chi connectivity index (χ3n) is 4.01. The molecular formula is C16H21N3O2. The van der Waals surface area contributed by atoms with Crippen molar-refractivity contribution in [2.45, 2.75) is 38.8 Å². The fourth-order valence-corrected chi connectivity index (χ4v) is 2.75. The molecule has 21 heavy (non-hydrogen) atoms. The highest BCUT2D eigenvalue weighted by Gasteiger charge is 2.16. The molecule has 1 aliphatic heterocycles. The minimum absolute atomic E-state index is 0.0572. The number of rotatable bonds is 5. The monoisotopic (exact) mass is 287 g/mol. The number of carbonyl (C=O) groups is 1. The number of ether oxygens (including phenoxy) is 1. The molecule has 1 aromatic heterocycles. The zero-order valence-corrected chi connectivity index (χ0v) is 12.3. The number of aryl methyl sites for hydroxylation is 2. The summed E-state index contributed by atoms with van der Waals surface area (Å²) in [5.41, 5.74) is 2.29. The van der Waals surface area contributed by atoms with Gasteiger partial charge in [0.15, 0.2) is 0 Å². The normalized spacial score (nSPS) is 18.2. The maximum absolute atomic E-state index is 11.9. The fraction of sp³-hybridized carbons (Fsp3) is 0.500. The number of hydrogen-bond donors (Lipinski definition) is 1. The molecule has 1 amide bonds. The van der Waals surface area contributed by atoms with Crippen molar-refractivity contribution in [3.63, 3.8) is 0 Å². The molecule has 1 saturated heterocycles. The summed E-state index contributed by atoms with van der Waals surface area (Å²) in [7, 11) is 0. The number of fused-ring (bicyclic) bond motifs is 1. The molecule has 5 heteroatoms. The van der Waals surface area contributed by atoms with E-state index in [1.54, 1.807) is 0 Å². The van der Waals surface area contributed by atoms with E-state index >= 15 is 0 Å². The van der Waals surface area contributed by atoms with E-state index in [1.165, 1.54) is 5.56 Å². The first-order valence-corrected chi connectivity index (χ1v) is 7.53. The standard InChI is InChI=1S/C16H21N3O2/c1-12-4-2-6-15-14(12)11-18-19(15)8-7-16(20)17-10-13-5-3-9-21-13/h2,4,6,11,13H,3,5,7-10H2,1H3,(H,17,20)/t13-/m1/s1. The lowest BCUT2D eigenvalue weighted by Crippen LogP contribution is -2.32. The average Bonchev–Trinajstić information content (AvgIpc) is 3.13. The predicted molar refractivity (Wildman–Crippen MR) is 81.1 cm³/mol. The molecule has 0 bridgehead atoms. The Morgan fingerprint density at radius 3 is 3.24 bits per heavy atom. The molecule has 2 aromatic rings. The minimum atomic E-state index is 0.0572. The first-order valence-electron chi connectivity index (χ1n) is 7.53. The van der Waals surface area contributed by atoms with Gasteiger partial charge in [0.1, 0.15) is 0 Å². The summed E-state index contributed by atoms with van der Waals surface area (Å²) in [5, 5.41) is 8.47. The van der Waals surface area contributed by atoms with Gasteiger partial charge in [-0.15, -0.1) is 0 Å². The Morgan fingerprint density at radius 2 is 2.43 bits per heavy atom. The average molecular weight is 287 g/mol. The molecule has 1 aliphatic rings. The van der Waals surface area contributed by atoms with Gasteiger partial charge in [0.25, 0.3) is 0 Å². The molecule has 112 valence electrons. The number of nitrogens with one attached hydrogen (secondary N) is 1. The van der Waals surface area contributed by atoms with Crippen LogP contribution in [0.4, 0.5) is 0 Å². The Hall–Kier alpha value is -1.88. The van der Waals surface area contributed by atoms with Gasteiger partial charge in [0.05, 0.1) is 24.4 Å². The van der Waals surface area contributed by atoms with Gasteiger partial charge in [-0.05, 0) is 31.4 Å². The third kappa shape index (κ3) is 3.24. The zero-order valence-electron chi connectivity index (χ0n) is 12.3. The van der Waals surface area contributed by atoms with E-state index in [0.717, 1.165) is 30.4 Å². The Kier molecular flexibility index (Phi) is 4.20. The Labute approximate surface area is 124 Å². The third-order valence-corrected chi connectivity index (χ3v) is 4.01. The van der Waals surface area contributed by atoms with Gasteiger partial charge >= 0.3 is 0 Å². The largest absolute Gasteiger partial charge is 0.376 e. The van der Waals surface area contributed by atoms with Crippen molar-refractivity contribution >= 4 is 16.8 Å². The van der Waals surface area contributed by atoms with Crippen LogP contribution >= 0.6 is 0 Å². The Balaban J connectivity index is 1.53. The smallest absolute Gasteiger partial charge is 0.221 e. The second-order valence-corrected chi connectivity index (χ2v) is 5.56. The number of benzene rings is 1. The highest BCUT2D eigenvalue weighted by Crippen LogP contribution is 2.17. The summed E-state index contributed by atoms with van der Waals surface area (Å²) in [6, 6.07) is 6.13. The van der Waals surface area contributed by atoms with Crippen LogP contribution in [-0.2, 0) is 16.1 Å². The second kappa shape index (κ2) is 6.26. The summed E-state index contributed by atoms with van der Waals surface area (Å²) in [5.74, 6) is 0.0572. The van der Waals surface area contributed by atoms with Crippen LogP contribution in [-0.4, -0.2) is 34.9 Å². The van der Waals surface area contributed by atoms with Crippen molar-refractivity contribution < 1.29 is 9.53 Å². The predicted octanol–water partition coefficient (Wildman–Crippen LogP) is 2.03. The fourth-order valence-electron chi connectivity index (χ4n) is 2.75. The van der Waals surface area contributed by atoms with E-state index in [1.807, 2.05) is 23.0 Å². The molecule has 0 unspecified atom stereocenters. The molecule has 5 nitrogen and oxygen atoms in total. The molecule has 1 fully saturated rings. The van der Waals surface area contributed by atoms with Gasteiger partial charge in [-0.1, -0.05) is 12.1 Å². The molecule has 1 atom stereocenters. The van der Waals surface area contributed by atoms with E-state index in [-0.39, 0.29) is 12.0 Å². The van der Waals surface area contributed by atoms with Crippen molar-refractivity contribution in [3.8, 4) is 0 Å². The molecule has 3 rings (SSSR count). The van der Waals surface area contributed by atoms with E-state index < -0.39 is 0 Å². The van der Waals surface area contributed by atoms with E-state index in [4.69, 9.17) is 4.74 Å². The van der Waals surface area contributed by atoms with Crippen molar-refractivity contribution in [3.05, 3.63) is 30.0 Å². The maximum atomic E-state index is 11.9. The van der Waals surface area contributed by atoms with Crippen molar-refractivity contribution in [1.29, 1.82) is 0 Å². The van der Waals surface area contributed by atoms with Crippen LogP contribution in [0.25, 0.3) is 10.9 Å². The number of carbonyl (C=O) groups excluding carboxylic acids is 1. The van der Waals surface area contributed by atoms with Crippen molar-refractivity contribution in [1.82, 2.24) is 15.1 Å². The van der Waals surface area contributed by atoms with Crippen molar-refractivity contribution in [2.75, 3.05) is 13.2 Å². The minimum Gasteiger partial charge on any atom is -0.376 e. The highest BCUT2D eigenvalue weighted by atomic mass is 16.5. The summed E-state index contributed by atoms with van der Waals surface area (Å²) >= 11 is 0. The lowest BCUT2D eigenvalue weighted by molar-refractivity contribution is -0.121. The van der Waals surface area contributed by atoms with Crippen LogP contribution in [0.2, 0.25) is 0 Å². The van der Waals surface area contributed by atoms with E-state index in [9.17, 15) is 4.79 Å². The number of hydrogen-bond acceptors (Lipinski definition) is 3. The number of nitrogens with zero attached hydrogens (tertiary/aromatic N) is 2. The first-order chi connectivity index (χ1) is 10.2. The molecule has 0 saturated carbocycles. The molecule has 0 aliphatic carbocycles. The second-order valence-electron chi connectivity index (χ2n) is 5.56. The van der Waals surface area contributed by atoms with Crippen LogP contribution in [0.5, 0.6) is 0 Å². The van der Waals surface area contributed by atoms with Gasteiger partial charge in [0, 0.05) is 25.0 Å². The van der Waals surface area contributed by atoms with Gasteiger partial charge in [-0.25, -0.2) is 0 Å². The van der Waals surface area contributed by atoms with Gasteiger partial charge in [-0.3, -0.25) is 9.48 Å². The lowest BCUT2D eigenvalue weighted by atomic mass is 10.1. The van der Waals surface area contributed by atoms with Crippen molar-refractivity contribution in [2.24, 2.45) is 0 Å². The summed E-state index contributed by atoms with van der Waals surface area (Å²) < 4.78 is 7.39. The molecule has 1 aromatic carbocycles. The number of aromatic nitrogens is 2. The van der Waals surface area contributed by atoms with Crippen LogP contribution in [0.15, 0.2) is 24.4 Å². The molecular weight excluding hydrogens is 266 g/mol. The zero-order chi connectivity index (χ0) is 14.7. The van der Waals surface area contributed by atoms with Crippen LogP contribution < -0.4 is 5.32 Å². The topological polar surface area (TPSA) is 56.2 Å². The van der Waals surface area contributed by atoms with E-state index in [0.29, 0.717) is 19.5 Å². The van der Waals surface area contributed by atoms with E-state index in [2.05, 4.69) is 23.4 Å². The first kappa shape index (κ1) is 14.1. The summed E-state index contributed by atoms with van der Waals surface area (Å²) in [4.78, 5) is 11.9. The quantitative estimate of drug-likeness (QED) is 0.915. The van der Waals surface area contributed by atoms with Crippen LogP contribution in [0.3, 0.4) is 0 Å². The Bertz CT molecular complexity index is 629. The summed E-state index contributed by atoms with van der Waals surface area (Å²) in [6.07, 6.45) is 4.65. The van der Waals surface area contributed by atoms with Gasteiger partial charge in [-0.2, -0.15) is 5.10 Å². The highest BCUT2D eigenvalue weighted by molar-refractivity contribution is 5.82. The lowest BCUT2D eigenvalue weighted by Gasteiger charge is -2.11.